The first kappa shape index (κ1) is 13.4. The Morgan fingerprint density at radius 1 is 1.24 bits per heavy atom. The van der Waals surface area contributed by atoms with Crippen LogP contribution >= 0.6 is 0 Å². The molecule has 0 spiro atoms. The van der Waals surface area contributed by atoms with Gasteiger partial charge < -0.3 is 10.3 Å². The van der Waals surface area contributed by atoms with Crippen molar-refractivity contribution in [3.05, 3.63) is 46.8 Å². The van der Waals surface area contributed by atoms with Crippen LogP contribution in [0, 0.1) is 20.8 Å². The van der Waals surface area contributed by atoms with Crippen molar-refractivity contribution in [2.75, 3.05) is 5.32 Å². The summed E-state index contributed by atoms with van der Waals surface area (Å²) in [4.78, 5) is 15.7. The van der Waals surface area contributed by atoms with Gasteiger partial charge in [-0.1, -0.05) is 0 Å². The Kier molecular flexibility index (Phi) is 3.05. The van der Waals surface area contributed by atoms with Gasteiger partial charge in [-0.05, 0) is 44.5 Å². The van der Waals surface area contributed by atoms with Gasteiger partial charge in [0.15, 0.2) is 0 Å². The number of amides is 1. The van der Waals surface area contributed by atoms with Crippen molar-refractivity contribution in [2.45, 2.75) is 20.8 Å². The van der Waals surface area contributed by atoms with Crippen molar-refractivity contribution in [3.8, 4) is 0 Å². The second-order valence-corrected chi connectivity index (χ2v) is 5.38. The third kappa shape index (κ3) is 2.31. The molecule has 0 bridgehead atoms. The van der Waals surface area contributed by atoms with E-state index in [0.717, 1.165) is 22.3 Å². The Labute approximate surface area is 123 Å². The summed E-state index contributed by atoms with van der Waals surface area (Å²) in [5.41, 5.74) is 4.88. The fourth-order valence-electron chi connectivity index (χ4n) is 2.52. The lowest BCUT2D eigenvalue weighted by Gasteiger charge is -2.05. The van der Waals surface area contributed by atoms with E-state index in [1.54, 1.807) is 4.68 Å². The molecule has 5 nitrogen and oxygen atoms in total. The van der Waals surface area contributed by atoms with E-state index in [4.69, 9.17) is 0 Å². The van der Waals surface area contributed by atoms with Crippen molar-refractivity contribution in [2.24, 2.45) is 7.05 Å². The smallest absolute Gasteiger partial charge is 0.256 e. The van der Waals surface area contributed by atoms with Crippen molar-refractivity contribution in [1.29, 1.82) is 0 Å². The Morgan fingerprint density at radius 2 is 2.00 bits per heavy atom. The summed E-state index contributed by atoms with van der Waals surface area (Å²) in [7, 11) is 1.81. The topological polar surface area (TPSA) is 62.7 Å². The molecule has 21 heavy (non-hydrogen) atoms. The van der Waals surface area contributed by atoms with Gasteiger partial charge in [0, 0.05) is 35.3 Å². The molecule has 3 rings (SSSR count). The number of aromatic amines is 1. The number of carbonyl (C=O) groups is 1. The number of hydrogen-bond acceptors (Lipinski definition) is 2. The van der Waals surface area contributed by atoms with Gasteiger partial charge in [-0.15, -0.1) is 0 Å². The number of aromatic nitrogens is 3. The highest BCUT2D eigenvalue weighted by atomic mass is 16.1. The van der Waals surface area contributed by atoms with Crippen LogP contribution in [0.15, 0.2) is 24.3 Å². The maximum absolute atomic E-state index is 12.4. The van der Waals surface area contributed by atoms with E-state index in [2.05, 4.69) is 22.3 Å². The summed E-state index contributed by atoms with van der Waals surface area (Å²) in [6.45, 7) is 5.99. The SMILES string of the molecule is Cc1cc(NC(=O)c2ccc3[nH]c(C)c(C)c3c2)n(C)n1. The van der Waals surface area contributed by atoms with E-state index in [0.29, 0.717) is 11.4 Å². The molecule has 2 heterocycles. The Morgan fingerprint density at radius 3 is 2.67 bits per heavy atom. The number of H-pyrrole nitrogens is 1. The lowest BCUT2D eigenvalue weighted by atomic mass is 10.1. The third-order valence-electron chi connectivity index (χ3n) is 3.81. The molecule has 0 aliphatic carbocycles. The van der Waals surface area contributed by atoms with Crippen molar-refractivity contribution >= 4 is 22.6 Å². The van der Waals surface area contributed by atoms with Crippen molar-refractivity contribution in [1.82, 2.24) is 14.8 Å². The maximum atomic E-state index is 12.4. The normalized spacial score (nSPS) is 11.0. The van der Waals surface area contributed by atoms with E-state index in [9.17, 15) is 4.79 Å². The standard InChI is InChI=1S/C16H18N4O/c1-9-7-15(20(4)19-9)18-16(21)12-5-6-14-13(8-12)10(2)11(3)17-14/h5-8,17H,1-4H3,(H,18,21). The zero-order valence-corrected chi connectivity index (χ0v) is 12.6. The third-order valence-corrected chi connectivity index (χ3v) is 3.81. The van der Waals surface area contributed by atoms with E-state index >= 15 is 0 Å². The lowest BCUT2D eigenvalue weighted by molar-refractivity contribution is 0.102. The molecule has 0 atom stereocenters. The molecule has 5 heteroatoms. The molecule has 1 amide bonds. The molecule has 0 saturated heterocycles. The van der Waals surface area contributed by atoms with Crippen LogP contribution in [-0.2, 0) is 7.05 Å². The van der Waals surface area contributed by atoms with Crippen LogP contribution < -0.4 is 5.32 Å². The summed E-state index contributed by atoms with van der Waals surface area (Å²) in [6.07, 6.45) is 0. The fourth-order valence-corrected chi connectivity index (χ4v) is 2.52. The minimum Gasteiger partial charge on any atom is -0.358 e. The predicted octanol–water partition coefficient (Wildman–Crippen LogP) is 3.08. The molecule has 0 aliphatic heterocycles. The summed E-state index contributed by atoms with van der Waals surface area (Å²) in [5, 5.41) is 8.20. The average molecular weight is 282 g/mol. The van der Waals surface area contributed by atoms with Crippen LogP contribution in [0.2, 0.25) is 0 Å². The van der Waals surface area contributed by atoms with Gasteiger partial charge in [-0.3, -0.25) is 9.48 Å². The van der Waals surface area contributed by atoms with Crippen LogP contribution in [-0.4, -0.2) is 20.7 Å². The van der Waals surface area contributed by atoms with E-state index in [1.165, 1.54) is 5.56 Å². The summed E-state index contributed by atoms with van der Waals surface area (Å²) in [6, 6.07) is 7.55. The number of nitrogens with zero attached hydrogens (tertiary/aromatic N) is 2. The first-order valence-corrected chi connectivity index (χ1v) is 6.86. The maximum Gasteiger partial charge on any atom is 0.256 e. The van der Waals surface area contributed by atoms with Gasteiger partial charge >= 0.3 is 0 Å². The molecule has 0 saturated carbocycles. The van der Waals surface area contributed by atoms with Gasteiger partial charge in [-0.2, -0.15) is 5.10 Å². The number of nitrogens with one attached hydrogen (secondary N) is 2. The van der Waals surface area contributed by atoms with E-state index < -0.39 is 0 Å². The van der Waals surface area contributed by atoms with Crippen LogP contribution in [0.4, 0.5) is 5.82 Å². The summed E-state index contributed by atoms with van der Waals surface area (Å²) < 4.78 is 1.66. The number of anilines is 1. The van der Waals surface area contributed by atoms with Gasteiger partial charge in [0.05, 0.1) is 5.69 Å². The summed E-state index contributed by atoms with van der Waals surface area (Å²) in [5.74, 6) is 0.567. The molecule has 108 valence electrons. The highest BCUT2D eigenvalue weighted by molar-refractivity contribution is 6.06. The molecule has 3 aromatic rings. The molecule has 1 aromatic carbocycles. The first-order valence-electron chi connectivity index (χ1n) is 6.86. The number of carbonyl (C=O) groups excluding carboxylic acids is 1. The monoisotopic (exact) mass is 282 g/mol. The van der Waals surface area contributed by atoms with Gasteiger partial charge in [0.2, 0.25) is 0 Å². The van der Waals surface area contributed by atoms with Crippen LogP contribution in [0.3, 0.4) is 0 Å². The Balaban J connectivity index is 1.94. The number of aryl methyl sites for hydroxylation is 4. The van der Waals surface area contributed by atoms with Gasteiger partial charge in [-0.25, -0.2) is 0 Å². The highest BCUT2D eigenvalue weighted by Crippen LogP contribution is 2.23. The molecule has 0 fully saturated rings. The number of rotatable bonds is 2. The molecule has 0 radical (unpaired) electrons. The lowest BCUT2D eigenvalue weighted by Crippen LogP contribution is -2.14. The van der Waals surface area contributed by atoms with Crippen LogP contribution in [0.1, 0.15) is 27.3 Å². The average Bonchev–Trinajstić information content (AvgIpc) is 2.90. The molecule has 0 aliphatic rings. The van der Waals surface area contributed by atoms with Crippen molar-refractivity contribution < 1.29 is 4.79 Å². The minimum absolute atomic E-state index is 0.127. The largest absolute Gasteiger partial charge is 0.358 e. The zero-order valence-electron chi connectivity index (χ0n) is 12.6. The Hall–Kier alpha value is -2.56. The molecular weight excluding hydrogens is 264 g/mol. The molecular formula is C16H18N4O. The second kappa shape index (κ2) is 4.77. The van der Waals surface area contributed by atoms with Crippen LogP contribution in [0.5, 0.6) is 0 Å². The van der Waals surface area contributed by atoms with E-state index in [1.807, 2.05) is 45.2 Å². The highest BCUT2D eigenvalue weighted by Gasteiger charge is 2.12. The minimum atomic E-state index is -0.127. The number of hydrogen-bond donors (Lipinski definition) is 2. The van der Waals surface area contributed by atoms with Gasteiger partial charge in [0.25, 0.3) is 5.91 Å². The molecule has 2 aromatic heterocycles. The molecule has 2 N–H and O–H groups in total. The first-order chi connectivity index (χ1) is 9.95. The van der Waals surface area contributed by atoms with E-state index in [-0.39, 0.29) is 5.91 Å². The predicted molar refractivity (Wildman–Crippen MR) is 83.7 cm³/mol. The number of fused-ring (bicyclic) bond motifs is 1. The summed E-state index contributed by atoms with van der Waals surface area (Å²) >= 11 is 0. The second-order valence-electron chi connectivity index (χ2n) is 5.38. The fraction of sp³-hybridized carbons (Fsp3) is 0.250. The quantitative estimate of drug-likeness (QED) is 0.758. The van der Waals surface area contributed by atoms with Crippen molar-refractivity contribution in [3.63, 3.8) is 0 Å². The van der Waals surface area contributed by atoms with Crippen LogP contribution in [0.25, 0.3) is 10.9 Å². The molecule has 0 unspecified atom stereocenters. The van der Waals surface area contributed by atoms with Gasteiger partial charge in [0.1, 0.15) is 5.82 Å². The zero-order chi connectivity index (χ0) is 15.1. The number of benzene rings is 1. The Bertz CT molecular complexity index is 841.